The number of rotatable bonds is 7. The fourth-order valence-corrected chi connectivity index (χ4v) is 2.97. The molecule has 0 bridgehead atoms. The molecule has 0 spiro atoms. The van der Waals surface area contributed by atoms with Gasteiger partial charge in [0, 0.05) is 6.04 Å². The van der Waals surface area contributed by atoms with Gasteiger partial charge in [-0.2, -0.15) is 0 Å². The summed E-state index contributed by atoms with van der Waals surface area (Å²) in [5.74, 6) is 4.77. The number of nitrogens with zero attached hydrogens (tertiary/aromatic N) is 1. The van der Waals surface area contributed by atoms with Crippen molar-refractivity contribution in [1.82, 2.24) is 4.90 Å². The van der Waals surface area contributed by atoms with E-state index >= 15 is 0 Å². The molecule has 0 heterocycles. The Morgan fingerprint density at radius 1 is 0.941 bits per heavy atom. The molecule has 102 valence electrons. The second kappa shape index (κ2) is 6.22. The molecule has 0 saturated heterocycles. The van der Waals surface area contributed by atoms with E-state index in [-0.39, 0.29) is 0 Å². The van der Waals surface area contributed by atoms with Crippen molar-refractivity contribution in [2.45, 2.75) is 59.9 Å². The fraction of sp³-hybridized carbons (Fsp3) is 1.00. The number of hydrogen-bond donors (Lipinski definition) is 0. The predicted octanol–water partition coefficient (Wildman–Crippen LogP) is 4.28. The maximum atomic E-state index is 2.47. The zero-order valence-corrected chi connectivity index (χ0v) is 13.0. The molecule has 1 aliphatic rings. The lowest BCUT2D eigenvalue weighted by atomic mass is 9.88. The van der Waals surface area contributed by atoms with Gasteiger partial charge in [0.1, 0.15) is 0 Å². The molecule has 17 heavy (non-hydrogen) atoms. The smallest absolute Gasteiger partial charge is 0.00609 e. The quantitative estimate of drug-likeness (QED) is 0.641. The molecule has 0 N–H and O–H groups in total. The molecule has 0 amide bonds. The highest BCUT2D eigenvalue weighted by molar-refractivity contribution is 4.93. The van der Waals surface area contributed by atoms with Gasteiger partial charge in [-0.15, -0.1) is 0 Å². The Kier molecular flexibility index (Phi) is 5.50. The van der Waals surface area contributed by atoms with Gasteiger partial charge in [-0.1, -0.05) is 27.7 Å². The molecule has 1 fully saturated rings. The molecule has 1 rings (SSSR count). The summed E-state index contributed by atoms with van der Waals surface area (Å²) < 4.78 is 0. The zero-order chi connectivity index (χ0) is 13.2. The van der Waals surface area contributed by atoms with Gasteiger partial charge in [0.2, 0.25) is 0 Å². The van der Waals surface area contributed by atoms with Crippen LogP contribution in [0.5, 0.6) is 0 Å². The van der Waals surface area contributed by atoms with Crippen molar-refractivity contribution in [3.05, 3.63) is 0 Å². The topological polar surface area (TPSA) is 3.24 Å². The Morgan fingerprint density at radius 3 is 2.00 bits per heavy atom. The van der Waals surface area contributed by atoms with Gasteiger partial charge in [0.15, 0.2) is 0 Å². The van der Waals surface area contributed by atoms with Crippen molar-refractivity contribution in [2.24, 2.45) is 29.6 Å². The summed E-state index contributed by atoms with van der Waals surface area (Å²) in [5.41, 5.74) is 0. The van der Waals surface area contributed by atoms with Crippen LogP contribution in [-0.2, 0) is 0 Å². The molecule has 5 atom stereocenters. The van der Waals surface area contributed by atoms with E-state index in [4.69, 9.17) is 0 Å². The van der Waals surface area contributed by atoms with Crippen LogP contribution in [0.3, 0.4) is 0 Å². The van der Waals surface area contributed by atoms with Gasteiger partial charge in [-0.3, -0.25) is 0 Å². The van der Waals surface area contributed by atoms with Gasteiger partial charge in [0.25, 0.3) is 0 Å². The van der Waals surface area contributed by atoms with Crippen molar-refractivity contribution in [3.63, 3.8) is 0 Å². The first-order valence-electron chi connectivity index (χ1n) is 7.51. The van der Waals surface area contributed by atoms with Gasteiger partial charge in [0.05, 0.1) is 0 Å². The van der Waals surface area contributed by atoms with Crippen molar-refractivity contribution in [2.75, 3.05) is 14.1 Å². The molecule has 0 aromatic rings. The zero-order valence-electron chi connectivity index (χ0n) is 13.0. The fourth-order valence-electron chi connectivity index (χ4n) is 2.97. The Balaban J connectivity index is 2.25. The van der Waals surface area contributed by atoms with Crippen LogP contribution in [0.25, 0.3) is 0 Å². The Hall–Kier alpha value is -0.0400. The van der Waals surface area contributed by atoms with Crippen LogP contribution in [0.2, 0.25) is 0 Å². The standard InChI is InChI=1S/C16H33N/c1-11(2)14(5)16-10-15(16)12(3)8-9-13(4)17(6)7/h11-16H,8-10H2,1-7H3. The molecule has 0 aromatic heterocycles. The first-order valence-corrected chi connectivity index (χ1v) is 7.51. The lowest BCUT2D eigenvalue weighted by Gasteiger charge is -2.22. The third kappa shape index (κ3) is 4.28. The van der Waals surface area contributed by atoms with E-state index < -0.39 is 0 Å². The van der Waals surface area contributed by atoms with Gasteiger partial charge < -0.3 is 4.90 Å². The monoisotopic (exact) mass is 239 g/mol. The lowest BCUT2D eigenvalue weighted by Crippen LogP contribution is -2.25. The first kappa shape index (κ1) is 15.0. The van der Waals surface area contributed by atoms with Crippen LogP contribution in [-0.4, -0.2) is 25.0 Å². The van der Waals surface area contributed by atoms with Gasteiger partial charge in [-0.05, 0) is 69.9 Å². The molecular weight excluding hydrogens is 206 g/mol. The third-order valence-corrected chi connectivity index (χ3v) is 5.27. The summed E-state index contributed by atoms with van der Waals surface area (Å²) in [4.78, 5) is 2.34. The van der Waals surface area contributed by atoms with E-state index in [0.717, 1.165) is 35.6 Å². The minimum atomic E-state index is 0.733. The van der Waals surface area contributed by atoms with E-state index in [9.17, 15) is 0 Å². The number of hydrogen-bond acceptors (Lipinski definition) is 1. The van der Waals surface area contributed by atoms with Crippen molar-refractivity contribution in [3.8, 4) is 0 Å². The lowest BCUT2D eigenvalue weighted by molar-refractivity contribution is 0.265. The predicted molar refractivity (Wildman–Crippen MR) is 77.1 cm³/mol. The molecule has 0 aliphatic heterocycles. The van der Waals surface area contributed by atoms with Crippen LogP contribution < -0.4 is 0 Å². The molecule has 1 aliphatic carbocycles. The maximum absolute atomic E-state index is 2.47. The van der Waals surface area contributed by atoms with Crippen LogP contribution in [0.1, 0.15) is 53.9 Å². The SMILES string of the molecule is CC(C)C(C)C1CC1C(C)CCC(C)N(C)C. The molecule has 0 aromatic carbocycles. The molecule has 1 heteroatoms. The Labute approximate surface area is 109 Å². The Morgan fingerprint density at radius 2 is 1.53 bits per heavy atom. The Bertz CT molecular complexity index is 222. The summed E-state index contributed by atoms with van der Waals surface area (Å²) in [6, 6.07) is 0.733. The summed E-state index contributed by atoms with van der Waals surface area (Å²) in [6.07, 6.45) is 4.26. The second-order valence-electron chi connectivity index (χ2n) is 7.03. The van der Waals surface area contributed by atoms with Crippen molar-refractivity contribution in [1.29, 1.82) is 0 Å². The maximum Gasteiger partial charge on any atom is 0.00609 e. The molecule has 1 nitrogen and oxygen atoms in total. The average molecular weight is 239 g/mol. The highest BCUT2D eigenvalue weighted by Gasteiger charge is 2.44. The second-order valence-corrected chi connectivity index (χ2v) is 7.03. The molecule has 1 saturated carbocycles. The van der Waals surface area contributed by atoms with Gasteiger partial charge >= 0.3 is 0 Å². The summed E-state index contributed by atoms with van der Waals surface area (Å²) in [6.45, 7) is 12.0. The van der Waals surface area contributed by atoms with Crippen LogP contribution >= 0.6 is 0 Å². The minimum Gasteiger partial charge on any atom is -0.307 e. The highest BCUT2D eigenvalue weighted by atomic mass is 15.1. The van der Waals surface area contributed by atoms with E-state index in [2.05, 4.69) is 53.6 Å². The van der Waals surface area contributed by atoms with Gasteiger partial charge in [-0.25, -0.2) is 0 Å². The van der Waals surface area contributed by atoms with E-state index in [1.807, 2.05) is 0 Å². The first-order chi connectivity index (χ1) is 7.84. The minimum absolute atomic E-state index is 0.733. The van der Waals surface area contributed by atoms with E-state index in [0.29, 0.717) is 0 Å². The normalized spacial score (nSPS) is 29.5. The van der Waals surface area contributed by atoms with Crippen LogP contribution in [0.4, 0.5) is 0 Å². The van der Waals surface area contributed by atoms with Crippen molar-refractivity contribution < 1.29 is 0 Å². The third-order valence-electron chi connectivity index (χ3n) is 5.27. The van der Waals surface area contributed by atoms with Crippen molar-refractivity contribution >= 4 is 0 Å². The highest BCUT2D eigenvalue weighted by Crippen LogP contribution is 2.51. The van der Waals surface area contributed by atoms with E-state index in [1.54, 1.807) is 0 Å². The van der Waals surface area contributed by atoms with Crippen LogP contribution in [0, 0.1) is 29.6 Å². The average Bonchev–Trinajstić information content (AvgIpc) is 3.03. The summed E-state index contributed by atoms with van der Waals surface area (Å²) in [5, 5.41) is 0. The molecule has 0 radical (unpaired) electrons. The summed E-state index contributed by atoms with van der Waals surface area (Å²) in [7, 11) is 4.38. The summed E-state index contributed by atoms with van der Waals surface area (Å²) >= 11 is 0. The molecular formula is C16H33N. The largest absolute Gasteiger partial charge is 0.307 e. The van der Waals surface area contributed by atoms with E-state index in [1.165, 1.54) is 19.3 Å². The molecule has 5 unspecified atom stereocenters. The van der Waals surface area contributed by atoms with Crippen LogP contribution in [0.15, 0.2) is 0 Å².